The maximum Gasteiger partial charge on any atom is 0.250 e. The third-order valence-electron chi connectivity index (χ3n) is 2.55. The zero-order valence-electron chi connectivity index (χ0n) is 12.6. The van der Waals surface area contributed by atoms with Gasteiger partial charge in [-0.05, 0) is 39.4 Å². The molecule has 0 aromatic carbocycles. The summed E-state index contributed by atoms with van der Waals surface area (Å²) in [5.41, 5.74) is 0.874. The Kier molecular flexibility index (Phi) is 7.16. The quantitative estimate of drug-likeness (QED) is 0.562. The smallest absolute Gasteiger partial charge is 0.250 e. The Labute approximate surface area is 129 Å². The molecule has 0 saturated carbocycles. The zero-order chi connectivity index (χ0) is 15.1. The van der Waals surface area contributed by atoms with Crippen LogP contribution in [-0.4, -0.2) is 29.1 Å². The number of carbonyl (C=O) groups is 1. The van der Waals surface area contributed by atoms with Crippen LogP contribution >= 0.6 is 15.9 Å². The summed E-state index contributed by atoms with van der Waals surface area (Å²) in [6.45, 7) is 9.42. The van der Waals surface area contributed by atoms with Crippen LogP contribution in [0.25, 0.3) is 0 Å². The normalized spacial score (nSPS) is 11.2. The van der Waals surface area contributed by atoms with E-state index in [1.807, 2.05) is 12.1 Å². The van der Waals surface area contributed by atoms with E-state index in [0.717, 1.165) is 5.56 Å². The van der Waals surface area contributed by atoms with Gasteiger partial charge < -0.3 is 0 Å². The molecule has 0 aliphatic heterocycles. The Bertz CT molecular complexity index is 436. The number of amides is 1. The lowest BCUT2D eigenvalue weighted by atomic mass is 10.2. The molecule has 0 aliphatic rings. The van der Waals surface area contributed by atoms with E-state index in [0.29, 0.717) is 36.0 Å². The van der Waals surface area contributed by atoms with Gasteiger partial charge in [0.25, 0.3) is 5.91 Å². The maximum atomic E-state index is 12.4. The van der Waals surface area contributed by atoms with Gasteiger partial charge in [0.05, 0.1) is 19.6 Å². The molecule has 1 aromatic heterocycles. The Morgan fingerprint density at radius 3 is 2.60 bits per heavy atom. The SMILES string of the molecule is CC(C)CON(CC(C)C)C(=O)Cc1cccnc1Br. The zero-order valence-corrected chi connectivity index (χ0v) is 14.2. The highest BCUT2D eigenvalue weighted by molar-refractivity contribution is 9.10. The topological polar surface area (TPSA) is 42.4 Å². The van der Waals surface area contributed by atoms with Gasteiger partial charge in [0.15, 0.2) is 0 Å². The summed E-state index contributed by atoms with van der Waals surface area (Å²) in [6.07, 6.45) is 1.98. The Morgan fingerprint density at radius 2 is 2.05 bits per heavy atom. The van der Waals surface area contributed by atoms with Crippen molar-refractivity contribution in [3.8, 4) is 0 Å². The number of hydrogen-bond donors (Lipinski definition) is 0. The summed E-state index contributed by atoms with van der Waals surface area (Å²) < 4.78 is 0.710. The molecule has 4 nitrogen and oxygen atoms in total. The molecule has 0 atom stereocenters. The fourth-order valence-corrected chi connectivity index (χ4v) is 1.99. The summed E-state index contributed by atoms with van der Waals surface area (Å²) in [4.78, 5) is 22.1. The van der Waals surface area contributed by atoms with Crippen molar-refractivity contribution in [3.05, 3.63) is 28.5 Å². The number of pyridine rings is 1. The second kappa shape index (κ2) is 8.37. The van der Waals surface area contributed by atoms with Gasteiger partial charge in [-0.3, -0.25) is 9.63 Å². The lowest BCUT2D eigenvalue weighted by molar-refractivity contribution is -0.192. The summed E-state index contributed by atoms with van der Waals surface area (Å²) in [7, 11) is 0. The number of halogens is 1. The first-order valence-corrected chi connectivity index (χ1v) is 7.72. The van der Waals surface area contributed by atoms with E-state index in [2.05, 4.69) is 48.6 Å². The first-order valence-electron chi connectivity index (χ1n) is 6.92. The fraction of sp³-hybridized carbons (Fsp3) is 0.600. The van der Waals surface area contributed by atoms with Gasteiger partial charge in [-0.25, -0.2) is 10.0 Å². The number of hydrogen-bond acceptors (Lipinski definition) is 3. The van der Waals surface area contributed by atoms with Crippen LogP contribution in [-0.2, 0) is 16.1 Å². The predicted octanol–water partition coefficient (Wildman–Crippen LogP) is 3.46. The van der Waals surface area contributed by atoms with Crippen LogP contribution in [0.2, 0.25) is 0 Å². The fourth-order valence-electron chi connectivity index (χ4n) is 1.60. The molecule has 0 fully saturated rings. The van der Waals surface area contributed by atoms with Crippen LogP contribution in [0.5, 0.6) is 0 Å². The Balaban J connectivity index is 2.69. The molecule has 0 N–H and O–H groups in total. The number of rotatable bonds is 7. The molecule has 112 valence electrons. The lowest BCUT2D eigenvalue weighted by Crippen LogP contribution is -2.36. The van der Waals surface area contributed by atoms with Crippen LogP contribution in [0.1, 0.15) is 33.3 Å². The van der Waals surface area contributed by atoms with Gasteiger partial charge in [-0.15, -0.1) is 0 Å². The van der Waals surface area contributed by atoms with E-state index in [4.69, 9.17) is 4.84 Å². The Hall–Kier alpha value is -0.940. The molecule has 0 saturated heterocycles. The van der Waals surface area contributed by atoms with Crippen molar-refractivity contribution in [3.63, 3.8) is 0 Å². The van der Waals surface area contributed by atoms with E-state index in [1.165, 1.54) is 5.06 Å². The van der Waals surface area contributed by atoms with Gasteiger partial charge in [-0.1, -0.05) is 33.8 Å². The first kappa shape index (κ1) is 17.1. The Morgan fingerprint density at radius 1 is 1.35 bits per heavy atom. The van der Waals surface area contributed by atoms with E-state index in [9.17, 15) is 4.79 Å². The third kappa shape index (κ3) is 6.01. The molecule has 0 aliphatic carbocycles. The highest BCUT2D eigenvalue weighted by atomic mass is 79.9. The number of aromatic nitrogens is 1. The number of hydroxylamine groups is 2. The molecule has 1 amide bonds. The molecule has 1 heterocycles. The molecule has 1 aromatic rings. The second-order valence-corrected chi connectivity index (χ2v) is 6.42. The third-order valence-corrected chi connectivity index (χ3v) is 3.26. The first-order chi connectivity index (χ1) is 9.40. The second-order valence-electron chi connectivity index (χ2n) is 5.67. The van der Waals surface area contributed by atoms with Gasteiger partial charge in [-0.2, -0.15) is 0 Å². The molecular formula is C15H23BrN2O2. The van der Waals surface area contributed by atoms with E-state index >= 15 is 0 Å². The van der Waals surface area contributed by atoms with Gasteiger partial charge >= 0.3 is 0 Å². The largest absolute Gasteiger partial charge is 0.272 e. The molecule has 1 rings (SSSR count). The van der Waals surface area contributed by atoms with Crippen molar-refractivity contribution >= 4 is 21.8 Å². The molecule has 20 heavy (non-hydrogen) atoms. The van der Waals surface area contributed by atoms with Crippen molar-refractivity contribution in [2.75, 3.05) is 13.2 Å². The number of nitrogens with zero attached hydrogens (tertiary/aromatic N) is 2. The molecule has 5 heteroatoms. The van der Waals surface area contributed by atoms with Crippen LogP contribution in [0.3, 0.4) is 0 Å². The highest BCUT2D eigenvalue weighted by Gasteiger charge is 2.18. The van der Waals surface area contributed by atoms with Crippen LogP contribution in [0, 0.1) is 11.8 Å². The van der Waals surface area contributed by atoms with Crippen molar-refractivity contribution in [1.29, 1.82) is 0 Å². The van der Waals surface area contributed by atoms with Gasteiger partial charge in [0.1, 0.15) is 4.60 Å². The van der Waals surface area contributed by atoms with Crippen molar-refractivity contribution in [1.82, 2.24) is 10.0 Å². The van der Waals surface area contributed by atoms with Gasteiger partial charge in [0.2, 0.25) is 0 Å². The molecular weight excluding hydrogens is 320 g/mol. The highest BCUT2D eigenvalue weighted by Crippen LogP contribution is 2.15. The van der Waals surface area contributed by atoms with Crippen LogP contribution in [0.15, 0.2) is 22.9 Å². The minimum Gasteiger partial charge on any atom is -0.272 e. The predicted molar refractivity (Wildman–Crippen MR) is 83.0 cm³/mol. The van der Waals surface area contributed by atoms with Crippen molar-refractivity contribution in [2.45, 2.75) is 34.1 Å². The average Bonchev–Trinajstić information content (AvgIpc) is 2.36. The monoisotopic (exact) mass is 342 g/mol. The van der Waals surface area contributed by atoms with E-state index < -0.39 is 0 Å². The van der Waals surface area contributed by atoms with Crippen LogP contribution in [0.4, 0.5) is 0 Å². The summed E-state index contributed by atoms with van der Waals surface area (Å²) in [6, 6.07) is 3.72. The van der Waals surface area contributed by atoms with Crippen molar-refractivity contribution in [2.24, 2.45) is 11.8 Å². The average molecular weight is 343 g/mol. The van der Waals surface area contributed by atoms with Gasteiger partial charge in [0, 0.05) is 6.20 Å². The lowest BCUT2D eigenvalue weighted by Gasteiger charge is -2.24. The summed E-state index contributed by atoms with van der Waals surface area (Å²) in [5, 5.41) is 1.49. The van der Waals surface area contributed by atoms with Crippen molar-refractivity contribution < 1.29 is 9.63 Å². The maximum absolute atomic E-state index is 12.4. The molecule has 0 unspecified atom stereocenters. The van der Waals surface area contributed by atoms with E-state index in [-0.39, 0.29) is 5.91 Å². The minimum atomic E-state index is -0.0342. The van der Waals surface area contributed by atoms with E-state index in [1.54, 1.807) is 6.20 Å². The summed E-state index contributed by atoms with van der Waals surface area (Å²) in [5.74, 6) is 0.721. The molecule has 0 spiro atoms. The summed E-state index contributed by atoms with van der Waals surface area (Å²) >= 11 is 3.36. The standard InChI is InChI=1S/C15H23BrN2O2/c1-11(2)9-18(20-10-12(3)4)14(19)8-13-6-5-7-17-15(13)16/h5-7,11-12H,8-10H2,1-4H3. The minimum absolute atomic E-state index is 0.0342. The molecule has 0 radical (unpaired) electrons. The molecule has 0 bridgehead atoms. The number of carbonyl (C=O) groups excluding carboxylic acids is 1. The van der Waals surface area contributed by atoms with Crippen LogP contribution < -0.4 is 0 Å².